The Kier molecular flexibility index (Phi) is 5.46. The fraction of sp³-hybridized carbons (Fsp3) is 0.227. The molecule has 2 aliphatic heterocycles. The summed E-state index contributed by atoms with van der Waals surface area (Å²) in [4.78, 5) is 38.9. The number of hydrogen-bond acceptors (Lipinski definition) is 4. The molecule has 2 aliphatic rings. The van der Waals surface area contributed by atoms with Crippen molar-refractivity contribution >= 4 is 29.5 Å². The van der Waals surface area contributed by atoms with Crippen LogP contribution in [0.5, 0.6) is 0 Å². The van der Waals surface area contributed by atoms with Gasteiger partial charge in [0.05, 0.1) is 17.3 Å². The summed E-state index contributed by atoms with van der Waals surface area (Å²) in [7, 11) is 0. The molecule has 0 bridgehead atoms. The minimum absolute atomic E-state index is 0.0399. The van der Waals surface area contributed by atoms with Gasteiger partial charge >= 0.3 is 12.0 Å². The number of aryl methyl sites for hydroxylation is 1. The summed E-state index contributed by atoms with van der Waals surface area (Å²) < 4.78 is 5.18. The Balaban J connectivity index is 1.52. The Morgan fingerprint density at radius 1 is 1.20 bits per heavy atom. The highest BCUT2D eigenvalue weighted by Gasteiger charge is 2.42. The lowest BCUT2D eigenvalue weighted by molar-refractivity contribution is -0.136. The van der Waals surface area contributed by atoms with Gasteiger partial charge in [0.15, 0.2) is 0 Å². The van der Waals surface area contributed by atoms with Crippen LogP contribution in [0, 0.1) is 6.92 Å². The maximum Gasteiger partial charge on any atom is 0.338 e. The molecule has 0 aromatic heterocycles. The number of amides is 3. The Hall–Kier alpha value is -3.32. The van der Waals surface area contributed by atoms with Crippen LogP contribution in [0.4, 0.5) is 4.79 Å². The fourth-order valence-corrected chi connectivity index (χ4v) is 3.72. The van der Waals surface area contributed by atoms with E-state index in [1.54, 1.807) is 12.1 Å². The van der Waals surface area contributed by atoms with Gasteiger partial charge in [0.1, 0.15) is 13.2 Å². The van der Waals surface area contributed by atoms with E-state index in [2.05, 4.69) is 10.6 Å². The summed E-state index contributed by atoms with van der Waals surface area (Å²) in [6.07, 6.45) is 0. The Morgan fingerprint density at radius 2 is 1.93 bits per heavy atom. The number of ether oxygens (including phenoxy) is 1. The number of esters is 1. The zero-order valence-corrected chi connectivity index (χ0v) is 17.0. The Labute approximate surface area is 178 Å². The number of benzene rings is 2. The minimum Gasteiger partial charge on any atom is -0.456 e. The van der Waals surface area contributed by atoms with Crippen LogP contribution < -0.4 is 10.6 Å². The van der Waals surface area contributed by atoms with Crippen molar-refractivity contribution in [2.45, 2.75) is 19.5 Å². The van der Waals surface area contributed by atoms with E-state index in [4.69, 9.17) is 16.3 Å². The highest BCUT2D eigenvalue weighted by atomic mass is 35.5. The molecule has 2 aromatic rings. The van der Waals surface area contributed by atoms with Crippen LogP contribution in [-0.4, -0.2) is 36.0 Å². The lowest BCUT2D eigenvalue weighted by atomic mass is 9.95. The van der Waals surface area contributed by atoms with E-state index in [0.29, 0.717) is 16.3 Å². The molecular formula is C22H20ClN3O4. The largest absolute Gasteiger partial charge is 0.456 e. The van der Waals surface area contributed by atoms with Crippen LogP contribution in [-0.2, 0) is 20.9 Å². The van der Waals surface area contributed by atoms with Crippen molar-refractivity contribution in [3.63, 3.8) is 0 Å². The predicted octanol–water partition coefficient (Wildman–Crippen LogP) is 2.84. The lowest BCUT2D eigenvalue weighted by Gasteiger charge is -2.32. The van der Waals surface area contributed by atoms with E-state index in [0.717, 1.165) is 16.7 Å². The zero-order valence-electron chi connectivity index (χ0n) is 16.3. The first kappa shape index (κ1) is 20.0. The number of nitrogens with one attached hydrogen (secondary N) is 2. The maximum atomic E-state index is 12.8. The molecule has 154 valence electrons. The smallest absolute Gasteiger partial charge is 0.338 e. The van der Waals surface area contributed by atoms with Crippen molar-refractivity contribution in [2.75, 3.05) is 13.2 Å². The number of urea groups is 1. The summed E-state index contributed by atoms with van der Waals surface area (Å²) in [6.45, 7) is 1.93. The number of hydrogen-bond donors (Lipinski definition) is 2. The quantitative estimate of drug-likeness (QED) is 0.721. The van der Waals surface area contributed by atoms with Gasteiger partial charge in [-0.3, -0.25) is 9.69 Å². The second kappa shape index (κ2) is 8.20. The average Bonchev–Trinajstić information content (AvgIpc) is 3.11. The first-order valence-corrected chi connectivity index (χ1v) is 9.86. The van der Waals surface area contributed by atoms with Gasteiger partial charge in [-0.25, -0.2) is 9.59 Å². The molecule has 2 aromatic carbocycles. The molecule has 1 unspecified atom stereocenters. The van der Waals surface area contributed by atoms with Crippen molar-refractivity contribution < 1.29 is 19.1 Å². The van der Waals surface area contributed by atoms with E-state index in [1.165, 1.54) is 4.90 Å². The zero-order chi connectivity index (χ0) is 21.3. The SMILES string of the molecule is Cc1ccc(C2NC(=O)N(CC(=O)NCc3ccccc3Cl)C3=C2C(=O)OC3)cc1. The first-order valence-electron chi connectivity index (χ1n) is 9.49. The van der Waals surface area contributed by atoms with Gasteiger partial charge in [-0.15, -0.1) is 0 Å². The third-order valence-corrected chi connectivity index (χ3v) is 5.51. The van der Waals surface area contributed by atoms with Crippen molar-refractivity contribution in [3.8, 4) is 0 Å². The topological polar surface area (TPSA) is 87.7 Å². The van der Waals surface area contributed by atoms with Gasteiger partial charge in [-0.2, -0.15) is 0 Å². The van der Waals surface area contributed by atoms with Crippen LogP contribution in [0.3, 0.4) is 0 Å². The van der Waals surface area contributed by atoms with Gasteiger partial charge in [0.2, 0.25) is 5.91 Å². The molecule has 0 spiro atoms. The molecule has 3 amide bonds. The number of nitrogens with zero attached hydrogens (tertiary/aromatic N) is 1. The van der Waals surface area contributed by atoms with Crippen molar-refractivity contribution in [1.82, 2.24) is 15.5 Å². The number of rotatable bonds is 5. The predicted molar refractivity (Wildman–Crippen MR) is 110 cm³/mol. The molecule has 0 aliphatic carbocycles. The van der Waals surface area contributed by atoms with Gasteiger partial charge in [-0.05, 0) is 24.1 Å². The number of carbonyl (C=O) groups is 3. The number of cyclic esters (lactones) is 1. The summed E-state index contributed by atoms with van der Waals surface area (Å²) in [6, 6.07) is 13.7. The highest BCUT2D eigenvalue weighted by molar-refractivity contribution is 6.31. The normalized spacial score (nSPS) is 18.1. The molecular weight excluding hydrogens is 406 g/mol. The highest BCUT2D eigenvalue weighted by Crippen LogP contribution is 2.34. The summed E-state index contributed by atoms with van der Waals surface area (Å²) in [5.74, 6) is -0.859. The molecule has 1 atom stereocenters. The Bertz CT molecular complexity index is 1050. The summed E-state index contributed by atoms with van der Waals surface area (Å²) >= 11 is 6.11. The second-order valence-corrected chi connectivity index (χ2v) is 7.59. The van der Waals surface area contributed by atoms with Crippen LogP contribution in [0.15, 0.2) is 59.8 Å². The molecule has 2 N–H and O–H groups in total. The summed E-state index contributed by atoms with van der Waals surface area (Å²) in [5.41, 5.74) is 3.40. The van der Waals surface area contributed by atoms with E-state index < -0.39 is 18.0 Å². The maximum absolute atomic E-state index is 12.8. The molecule has 30 heavy (non-hydrogen) atoms. The van der Waals surface area contributed by atoms with Crippen LogP contribution >= 0.6 is 11.6 Å². The molecule has 0 saturated heterocycles. The first-order chi connectivity index (χ1) is 14.4. The van der Waals surface area contributed by atoms with Crippen LogP contribution in [0.1, 0.15) is 22.7 Å². The Morgan fingerprint density at radius 3 is 2.67 bits per heavy atom. The van der Waals surface area contributed by atoms with Crippen molar-refractivity contribution in [1.29, 1.82) is 0 Å². The second-order valence-electron chi connectivity index (χ2n) is 7.18. The lowest BCUT2D eigenvalue weighted by Crippen LogP contribution is -2.50. The number of halogens is 1. The van der Waals surface area contributed by atoms with E-state index >= 15 is 0 Å². The molecule has 0 radical (unpaired) electrons. The van der Waals surface area contributed by atoms with Gasteiger partial charge in [0, 0.05) is 11.6 Å². The standard InChI is InChI=1S/C22H20ClN3O4/c1-13-6-8-14(9-7-13)20-19-17(12-30-21(19)28)26(22(29)25-20)11-18(27)24-10-15-4-2-3-5-16(15)23/h2-9,20H,10-12H2,1H3,(H,24,27)(H,25,29). The third kappa shape index (κ3) is 3.89. The minimum atomic E-state index is -0.606. The van der Waals surface area contributed by atoms with Crippen molar-refractivity contribution in [2.24, 2.45) is 0 Å². The van der Waals surface area contributed by atoms with Crippen LogP contribution in [0.2, 0.25) is 5.02 Å². The van der Waals surface area contributed by atoms with Crippen LogP contribution in [0.25, 0.3) is 0 Å². The van der Waals surface area contributed by atoms with Crippen molar-refractivity contribution in [3.05, 3.63) is 81.5 Å². The summed E-state index contributed by atoms with van der Waals surface area (Å²) in [5, 5.41) is 6.12. The fourth-order valence-electron chi connectivity index (χ4n) is 3.52. The third-order valence-electron chi connectivity index (χ3n) is 5.14. The molecule has 4 rings (SSSR count). The van der Waals surface area contributed by atoms with Gasteiger partial charge in [0.25, 0.3) is 0 Å². The molecule has 2 heterocycles. The monoisotopic (exact) mass is 425 g/mol. The number of carbonyl (C=O) groups excluding carboxylic acids is 3. The van der Waals surface area contributed by atoms with Gasteiger partial charge < -0.3 is 15.4 Å². The van der Waals surface area contributed by atoms with E-state index in [-0.39, 0.29) is 25.6 Å². The molecule has 0 saturated carbocycles. The van der Waals surface area contributed by atoms with E-state index in [9.17, 15) is 14.4 Å². The molecule has 7 nitrogen and oxygen atoms in total. The van der Waals surface area contributed by atoms with Gasteiger partial charge in [-0.1, -0.05) is 59.6 Å². The van der Waals surface area contributed by atoms with E-state index in [1.807, 2.05) is 43.3 Å². The average molecular weight is 426 g/mol. The molecule has 0 fully saturated rings. The molecule has 8 heteroatoms.